The number of nitrogens with zero attached hydrogens (tertiary/aromatic N) is 2. The molecule has 1 aliphatic carbocycles. The Bertz CT molecular complexity index is 750. The standard InChI is InChI=1S/C18H17N3O3/c22-17(20-24)9-7-13-6-8-16-15(10-13)18(23)21(12-19-16)11-14-4-2-1-3-5-14/h1-10,12,15-16,24H,11H2,(H,20,22)/b9-7+. The smallest absolute Gasteiger partial charge is 0.267 e. The van der Waals surface area contributed by atoms with Gasteiger partial charge in [0, 0.05) is 6.08 Å². The summed E-state index contributed by atoms with van der Waals surface area (Å²) in [6.07, 6.45) is 9.78. The molecule has 2 N–H and O–H groups in total. The summed E-state index contributed by atoms with van der Waals surface area (Å²) in [5.41, 5.74) is 3.29. The fourth-order valence-corrected chi connectivity index (χ4v) is 2.68. The van der Waals surface area contributed by atoms with E-state index in [2.05, 4.69) is 4.99 Å². The summed E-state index contributed by atoms with van der Waals surface area (Å²) in [6, 6.07) is 9.51. The lowest BCUT2D eigenvalue weighted by atomic mass is 9.89. The second-order valence-electron chi connectivity index (χ2n) is 5.57. The molecule has 2 unspecified atom stereocenters. The Balaban J connectivity index is 1.76. The Hall–Kier alpha value is -2.99. The average molecular weight is 323 g/mol. The number of hydrogen-bond donors (Lipinski definition) is 2. The number of hydrogen-bond acceptors (Lipinski definition) is 4. The van der Waals surface area contributed by atoms with Gasteiger partial charge in [-0.05, 0) is 17.2 Å². The predicted octanol–water partition coefficient (Wildman–Crippen LogP) is 1.60. The van der Waals surface area contributed by atoms with Crippen molar-refractivity contribution < 1.29 is 14.8 Å². The third kappa shape index (κ3) is 3.49. The highest BCUT2D eigenvalue weighted by Crippen LogP contribution is 2.26. The molecule has 0 bridgehead atoms. The summed E-state index contributed by atoms with van der Waals surface area (Å²) < 4.78 is 0. The van der Waals surface area contributed by atoms with Crippen LogP contribution in [0.2, 0.25) is 0 Å². The fraction of sp³-hybridized carbons (Fsp3) is 0.167. The molecular formula is C18H17N3O3. The lowest BCUT2D eigenvalue weighted by Crippen LogP contribution is -2.43. The van der Waals surface area contributed by atoms with Gasteiger partial charge in [0.2, 0.25) is 5.91 Å². The van der Waals surface area contributed by atoms with E-state index in [1.54, 1.807) is 29.5 Å². The monoisotopic (exact) mass is 323 g/mol. The van der Waals surface area contributed by atoms with E-state index in [-0.39, 0.29) is 17.9 Å². The average Bonchev–Trinajstić information content (AvgIpc) is 2.63. The van der Waals surface area contributed by atoms with Crippen molar-refractivity contribution in [1.82, 2.24) is 10.4 Å². The SMILES string of the molecule is O=C(/C=C/C1=CC2C(=O)N(Cc3ccccc3)C=NC2C=C1)NO. The lowest BCUT2D eigenvalue weighted by Gasteiger charge is -2.31. The minimum absolute atomic E-state index is 0.0271. The minimum atomic E-state index is -0.620. The summed E-state index contributed by atoms with van der Waals surface area (Å²) in [4.78, 5) is 29.8. The molecule has 3 rings (SSSR count). The lowest BCUT2D eigenvalue weighted by molar-refractivity contribution is -0.131. The van der Waals surface area contributed by atoms with Crippen molar-refractivity contribution in [3.8, 4) is 0 Å². The first-order valence-electron chi connectivity index (χ1n) is 7.57. The minimum Gasteiger partial charge on any atom is -0.298 e. The molecule has 0 saturated carbocycles. The van der Waals surface area contributed by atoms with Crippen molar-refractivity contribution in [2.24, 2.45) is 10.9 Å². The molecule has 1 aliphatic heterocycles. The molecule has 6 heteroatoms. The third-order valence-electron chi connectivity index (χ3n) is 3.91. The maximum Gasteiger partial charge on any atom is 0.267 e. The molecule has 0 radical (unpaired) electrons. The first kappa shape index (κ1) is 15.9. The molecule has 1 aromatic rings. The zero-order chi connectivity index (χ0) is 16.9. The van der Waals surface area contributed by atoms with E-state index in [4.69, 9.17) is 5.21 Å². The summed E-state index contributed by atoms with van der Waals surface area (Å²) >= 11 is 0. The van der Waals surface area contributed by atoms with E-state index < -0.39 is 5.91 Å². The van der Waals surface area contributed by atoms with Crippen molar-refractivity contribution >= 4 is 18.2 Å². The zero-order valence-corrected chi connectivity index (χ0v) is 12.9. The number of amides is 2. The van der Waals surface area contributed by atoms with Crippen LogP contribution in [0.25, 0.3) is 0 Å². The van der Waals surface area contributed by atoms with Crippen molar-refractivity contribution in [2.45, 2.75) is 12.6 Å². The van der Waals surface area contributed by atoms with Gasteiger partial charge in [-0.3, -0.25) is 24.7 Å². The van der Waals surface area contributed by atoms with Crippen LogP contribution >= 0.6 is 0 Å². The number of carbonyl (C=O) groups is 2. The normalized spacial score (nSPS) is 22.5. The van der Waals surface area contributed by atoms with Gasteiger partial charge in [0.05, 0.1) is 24.8 Å². The van der Waals surface area contributed by atoms with Crippen LogP contribution in [-0.4, -0.2) is 34.3 Å². The maximum atomic E-state index is 12.7. The highest BCUT2D eigenvalue weighted by molar-refractivity contribution is 5.94. The topological polar surface area (TPSA) is 82.0 Å². The van der Waals surface area contributed by atoms with Crippen LogP contribution in [0.3, 0.4) is 0 Å². The van der Waals surface area contributed by atoms with Crippen LogP contribution in [0.15, 0.2) is 71.3 Å². The third-order valence-corrected chi connectivity index (χ3v) is 3.91. The van der Waals surface area contributed by atoms with E-state index in [0.29, 0.717) is 6.54 Å². The van der Waals surface area contributed by atoms with Crippen molar-refractivity contribution in [2.75, 3.05) is 0 Å². The van der Waals surface area contributed by atoms with Gasteiger partial charge in [-0.15, -0.1) is 0 Å². The summed E-state index contributed by atoms with van der Waals surface area (Å²) in [5, 5.41) is 8.50. The van der Waals surface area contributed by atoms with Gasteiger partial charge in [-0.1, -0.05) is 48.6 Å². The van der Waals surface area contributed by atoms with E-state index in [1.807, 2.05) is 36.4 Å². The van der Waals surface area contributed by atoms with Gasteiger partial charge in [0.1, 0.15) is 0 Å². The Labute approximate surface area is 139 Å². The number of rotatable bonds is 4. The first-order chi connectivity index (χ1) is 11.7. The van der Waals surface area contributed by atoms with E-state index in [9.17, 15) is 9.59 Å². The van der Waals surface area contributed by atoms with E-state index >= 15 is 0 Å². The molecular weight excluding hydrogens is 306 g/mol. The number of aliphatic imine (C=N–C) groups is 1. The molecule has 0 saturated heterocycles. The molecule has 2 amide bonds. The molecule has 24 heavy (non-hydrogen) atoms. The molecule has 0 spiro atoms. The van der Waals surface area contributed by atoms with Crippen LogP contribution in [0.4, 0.5) is 0 Å². The molecule has 122 valence electrons. The Kier molecular flexibility index (Phi) is 4.67. The molecule has 1 aromatic carbocycles. The second-order valence-corrected chi connectivity index (χ2v) is 5.57. The predicted molar refractivity (Wildman–Crippen MR) is 89.1 cm³/mol. The van der Waals surface area contributed by atoms with Crippen LogP contribution in [-0.2, 0) is 16.1 Å². The number of allylic oxidation sites excluding steroid dienone is 3. The highest BCUT2D eigenvalue weighted by atomic mass is 16.5. The van der Waals surface area contributed by atoms with Crippen molar-refractivity contribution in [1.29, 1.82) is 0 Å². The largest absolute Gasteiger partial charge is 0.298 e. The van der Waals surface area contributed by atoms with E-state index in [1.165, 1.54) is 11.6 Å². The van der Waals surface area contributed by atoms with Gasteiger partial charge in [-0.2, -0.15) is 0 Å². The second kappa shape index (κ2) is 7.06. The zero-order valence-electron chi connectivity index (χ0n) is 12.9. The maximum absolute atomic E-state index is 12.7. The molecule has 2 aliphatic rings. The fourth-order valence-electron chi connectivity index (χ4n) is 2.68. The molecule has 0 fully saturated rings. The highest BCUT2D eigenvalue weighted by Gasteiger charge is 2.33. The van der Waals surface area contributed by atoms with E-state index in [0.717, 1.165) is 11.1 Å². The molecule has 1 heterocycles. The van der Waals surface area contributed by atoms with Crippen LogP contribution in [0.5, 0.6) is 0 Å². The molecule has 2 atom stereocenters. The van der Waals surface area contributed by atoms with Gasteiger partial charge >= 0.3 is 0 Å². The van der Waals surface area contributed by atoms with Crippen LogP contribution in [0.1, 0.15) is 5.56 Å². The summed E-state index contributed by atoms with van der Waals surface area (Å²) in [5.74, 6) is -1.04. The van der Waals surface area contributed by atoms with Gasteiger partial charge < -0.3 is 0 Å². The van der Waals surface area contributed by atoms with Gasteiger partial charge in [-0.25, -0.2) is 5.48 Å². The van der Waals surface area contributed by atoms with Crippen molar-refractivity contribution in [3.05, 3.63) is 71.8 Å². The number of fused-ring (bicyclic) bond motifs is 1. The Morgan fingerprint density at radius 2 is 2.12 bits per heavy atom. The van der Waals surface area contributed by atoms with Crippen LogP contribution < -0.4 is 5.48 Å². The summed E-state index contributed by atoms with van der Waals surface area (Å²) in [6.45, 7) is 0.474. The number of nitrogens with one attached hydrogen (secondary N) is 1. The quantitative estimate of drug-likeness (QED) is 0.502. The van der Waals surface area contributed by atoms with Gasteiger partial charge in [0.25, 0.3) is 5.91 Å². The Morgan fingerprint density at radius 3 is 2.88 bits per heavy atom. The number of carbonyl (C=O) groups excluding carboxylic acids is 2. The number of benzene rings is 1. The molecule has 0 aromatic heterocycles. The van der Waals surface area contributed by atoms with Gasteiger partial charge in [0.15, 0.2) is 0 Å². The van der Waals surface area contributed by atoms with Crippen LogP contribution in [0, 0.1) is 5.92 Å². The summed E-state index contributed by atoms with van der Waals surface area (Å²) in [7, 11) is 0. The molecule has 6 nitrogen and oxygen atoms in total. The Morgan fingerprint density at radius 1 is 1.33 bits per heavy atom. The van der Waals surface area contributed by atoms with Crippen molar-refractivity contribution in [3.63, 3.8) is 0 Å². The first-order valence-corrected chi connectivity index (χ1v) is 7.57. The number of hydroxylamine groups is 1.